The van der Waals surface area contributed by atoms with Gasteiger partial charge in [0.15, 0.2) is 6.61 Å². The topological polar surface area (TPSA) is 90.1 Å². The van der Waals surface area contributed by atoms with Gasteiger partial charge in [-0.15, -0.1) is 0 Å². The summed E-state index contributed by atoms with van der Waals surface area (Å²) in [5.74, 6) is -0.0317. The second-order valence-corrected chi connectivity index (χ2v) is 5.91. The second-order valence-electron chi connectivity index (χ2n) is 5.48. The molecule has 1 aromatic heterocycles. The Balaban J connectivity index is 1.45. The molecule has 0 fully saturated rings. The maximum atomic E-state index is 11.8. The van der Waals surface area contributed by atoms with E-state index < -0.39 is 11.9 Å². The lowest BCUT2D eigenvalue weighted by molar-refractivity contribution is -0.123. The minimum Gasteiger partial charge on any atom is -0.484 e. The van der Waals surface area contributed by atoms with Gasteiger partial charge in [-0.1, -0.05) is 17.7 Å². The summed E-state index contributed by atoms with van der Waals surface area (Å²) in [4.78, 5) is 23.5. The van der Waals surface area contributed by atoms with Gasteiger partial charge >= 0.3 is 5.97 Å². The van der Waals surface area contributed by atoms with Crippen molar-refractivity contribution >= 4 is 29.7 Å². The van der Waals surface area contributed by atoms with Crippen molar-refractivity contribution < 1.29 is 23.5 Å². The molecule has 1 amide bonds. The fourth-order valence-electron chi connectivity index (χ4n) is 2.09. The van der Waals surface area contributed by atoms with E-state index in [1.807, 2.05) is 0 Å². The van der Waals surface area contributed by atoms with Gasteiger partial charge in [0.05, 0.1) is 12.5 Å². The molecule has 28 heavy (non-hydrogen) atoms. The Bertz CT molecular complexity index is 969. The Hall–Kier alpha value is -3.58. The maximum Gasteiger partial charge on any atom is 0.379 e. The van der Waals surface area contributed by atoms with E-state index in [1.165, 1.54) is 18.5 Å². The number of amides is 1. The smallest absolute Gasteiger partial charge is 0.379 e. The molecule has 1 heterocycles. The predicted molar refractivity (Wildman–Crippen MR) is 103 cm³/mol. The lowest BCUT2D eigenvalue weighted by Gasteiger charge is -2.05. The monoisotopic (exact) mass is 398 g/mol. The first-order chi connectivity index (χ1) is 13.6. The molecule has 3 aromatic rings. The molecule has 7 nitrogen and oxygen atoms in total. The van der Waals surface area contributed by atoms with Crippen LogP contribution in [0.15, 0.2) is 76.4 Å². The minimum atomic E-state index is -0.585. The Morgan fingerprint density at radius 2 is 1.89 bits per heavy atom. The van der Waals surface area contributed by atoms with Crippen molar-refractivity contribution in [3.8, 4) is 11.5 Å². The molecule has 0 saturated carbocycles. The summed E-state index contributed by atoms with van der Waals surface area (Å²) >= 11 is 5.84. The second kappa shape index (κ2) is 9.38. The molecular weight excluding hydrogens is 384 g/mol. The molecule has 2 aromatic carbocycles. The molecule has 0 radical (unpaired) electrons. The molecule has 0 unspecified atom stereocenters. The van der Waals surface area contributed by atoms with E-state index in [-0.39, 0.29) is 12.4 Å². The first-order valence-corrected chi connectivity index (χ1v) is 8.54. The highest BCUT2D eigenvalue weighted by Gasteiger charge is 2.10. The van der Waals surface area contributed by atoms with Gasteiger partial charge in [0, 0.05) is 5.02 Å². The molecule has 0 saturated heterocycles. The van der Waals surface area contributed by atoms with Crippen molar-refractivity contribution in [2.24, 2.45) is 5.10 Å². The zero-order valence-corrected chi connectivity index (χ0v) is 15.3. The fourth-order valence-corrected chi connectivity index (χ4v) is 2.27. The van der Waals surface area contributed by atoms with Crippen LogP contribution in [0.3, 0.4) is 0 Å². The van der Waals surface area contributed by atoms with E-state index in [0.29, 0.717) is 22.1 Å². The van der Waals surface area contributed by atoms with Crippen LogP contribution in [-0.4, -0.2) is 24.7 Å². The number of carbonyl (C=O) groups is 2. The number of carbonyl (C=O) groups excluding carboxylic acids is 2. The maximum absolute atomic E-state index is 11.8. The Morgan fingerprint density at radius 1 is 1.07 bits per heavy atom. The van der Waals surface area contributed by atoms with E-state index in [2.05, 4.69) is 10.5 Å². The summed E-state index contributed by atoms with van der Waals surface area (Å²) in [6.07, 6.45) is 2.85. The first kappa shape index (κ1) is 19.2. The van der Waals surface area contributed by atoms with E-state index in [9.17, 15) is 9.59 Å². The van der Waals surface area contributed by atoms with Gasteiger partial charge in [0.2, 0.25) is 5.76 Å². The average molecular weight is 399 g/mol. The number of nitrogens with one attached hydrogen (secondary N) is 1. The van der Waals surface area contributed by atoms with Crippen molar-refractivity contribution in [3.05, 3.63) is 83.3 Å². The number of nitrogens with zero attached hydrogens (tertiary/aromatic N) is 1. The van der Waals surface area contributed by atoms with Crippen LogP contribution < -0.4 is 14.9 Å². The third-order valence-corrected chi connectivity index (χ3v) is 3.62. The molecule has 0 aliphatic carbocycles. The number of rotatable bonds is 7. The quantitative estimate of drug-likeness (QED) is 0.284. The number of hydrazone groups is 1. The number of benzene rings is 2. The summed E-state index contributed by atoms with van der Waals surface area (Å²) < 4.78 is 15.4. The highest BCUT2D eigenvalue weighted by atomic mass is 35.5. The minimum absolute atomic E-state index is 0.119. The van der Waals surface area contributed by atoms with Gasteiger partial charge in [-0.2, -0.15) is 5.10 Å². The summed E-state index contributed by atoms with van der Waals surface area (Å²) in [7, 11) is 0. The molecule has 0 spiro atoms. The van der Waals surface area contributed by atoms with Crippen LogP contribution in [0.1, 0.15) is 16.1 Å². The first-order valence-electron chi connectivity index (χ1n) is 8.16. The van der Waals surface area contributed by atoms with Gasteiger partial charge in [0.1, 0.15) is 11.5 Å². The van der Waals surface area contributed by atoms with Crippen LogP contribution >= 0.6 is 11.6 Å². The van der Waals surface area contributed by atoms with E-state index >= 15 is 0 Å². The van der Waals surface area contributed by atoms with Crippen molar-refractivity contribution in [2.75, 3.05) is 6.61 Å². The molecule has 0 atom stereocenters. The molecule has 142 valence electrons. The average Bonchev–Trinajstić information content (AvgIpc) is 3.23. The van der Waals surface area contributed by atoms with Crippen molar-refractivity contribution in [1.82, 2.24) is 5.43 Å². The van der Waals surface area contributed by atoms with Crippen LogP contribution in [0.5, 0.6) is 11.5 Å². The number of esters is 1. The van der Waals surface area contributed by atoms with E-state index in [0.717, 1.165) is 0 Å². The number of halogens is 1. The van der Waals surface area contributed by atoms with E-state index in [1.54, 1.807) is 54.6 Å². The number of ether oxygens (including phenoxy) is 2. The van der Waals surface area contributed by atoms with Crippen LogP contribution in [0, 0.1) is 0 Å². The summed E-state index contributed by atoms with van der Waals surface area (Å²) in [6, 6.07) is 16.4. The lowest BCUT2D eigenvalue weighted by Crippen LogP contribution is -2.24. The molecule has 0 bridgehead atoms. The zero-order chi connectivity index (χ0) is 19.8. The van der Waals surface area contributed by atoms with Crippen LogP contribution in [0.25, 0.3) is 0 Å². The molecule has 3 rings (SSSR count). The standard InChI is InChI=1S/C20H15ClN2O5/c21-15-3-1-4-17(11-15)27-13-19(24)23-22-12-14-6-8-16(9-7-14)28-20(25)18-5-2-10-26-18/h1-12H,13H2,(H,23,24). The highest BCUT2D eigenvalue weighted by Crippen LogP contribution is 2.17. The van der Waals surface area contributed by atoms with E-state index in [4.69, 9.17) is 25.5 Å². The zero-order valence-electron chi connectivity index (χ0n) is 14.5. The Labute approximate surface area is 165 Å². The van der Waals surface area contributed by atoms with Crippen molar-refractivity contribution in [3.63, 3.8) is 0 Å². The highest BCUT2D eigenvalue weighted by molar-refractivity contribution is 6.30. The Kier molecular flexibility index (Phi) is 6.43. The lowest BCUT2D eigenvalue weighted by atomic mass is 10.2. The number of furan rings is 1. The van der Waals surface area contributed by atoms with Crippen molar-refractivity contribution in [1.29, 1.82) is 0 Å². The summed E-state index contributed by atoms with van der Waals surface area (Å²) in [5.41, 5.74) is 3.06. The molecule has 1 N–H and O–H groups in total. The van der Waals surface area contributed by atoms with Crippen LogP contribution in [0.2, 0.25) is 5.02 Å². The molecule has 8 heteroatoms. The predicted octanol–water partition coefficient (Wildman–Crippen LogP) is 3.68. The number of hydrogen-bond donors (Lipinski definition) is 1. The molecular formula is C20H15ClN2O5. The Morgan fingerprint density at radius 3 is 2.61 bits per heavy atom. The third-order valence-electron chi connectivity index (χ3n) is 3.38. The van der Waals surface area contributed by atoms with Gasteiger partial charge in [0.25, 0.3) is 5.91 Å². The largest absolute Gasteiger partial charge is 0.484 e. The fraction of sp³-hybridized carbons (Fsp3) is 0.0500. The SMILES string of the molecule is O=C(COc1cccc(Cl)c1)NN=Cc1ccc(OC(=O)c2ccco2)cc1. The van der Waals surface area contributed by atoms with Gasteiger partial charge < -0.3 is 13.9 Å². The molecule has 0 aliphatic heterocycles. The van der Waals surface area contributed by atoms with Gasteiger partial charge in [-0.3, -0.25) is 4.79 Å². The van der Waals surface area contributed by atoms with Crippen molar-refractivity contribution in [2.45, 2.75) is 0 Å². The molecule has 0 aliphatic rings. The van der Waals surface area contributed by atoms with Gasteiger partial charge in [-0.25, -0.2) is 10.2 Å². The third kappa shape index (κ3) is 5.72. The normalized spacial score (nSPS) is 10.6. The summed E-state index contributed by atoms with van der Waals surface area (Å²) in [5, 5.41) is 4.37. The number of hydrogen-bond acceptors (Lipinski definition) is 6. The van der Waals surface area contributed by atoms with Gasteiger partial charge in [-0.05, 0) is 60.2 Å². The van der Waals surface area contributed by atoms with Crippen LogP contribution in [0.4, 0.5) is 0 Å². The summed E-state index contributed by atoms with van der Waals surface area (Å²) in [6.45, 7) is -0.195. The van der Waals surface area contributed by atoms with Crippen LogP contribution in [-0.2, 0) is 4.79 Å².